The van der Waals surface area contributed by atoms with Crippen LogP contribution < -0.4 is 5.32 Å². The van der Waals surface area contributed by atoms with E-state index in [1.807, 2.05) is 0 Å². The van der Waals surface area contributed by atoms with Crippen molar-refractivity contribution in [3.8, 4) is 0 Å². The lowest BCUT2D eigenvalue weighted by Crippen LogP contribution is -2.53. The summed E-state index contributed by atoms with van der Waals surface area (Å²) in [5, 5.41) is 12.7. The van der Waals surface area contributed by atoms with Gasteiger partial charge in [0.15, 0.2) is 0 Å². The van der Waals surface area contributed by atoms with E-state index < -0.39 is 0 Å². The molecule has 18 heavy (non-hydrogen) atoms. The van der Waals surface area contributed by atoms with Gasteiger partial charge in [0.1, 0.15) is 0 Å². The number of aliphatic hydroxyl groups excluding tert-OH is 1. The molecule has 0 aliphatic heterocycles. The summed E-state index contributed by atoms with van der Waals surface area (Å²) >= 11 is 0. The summed E-state index contributed by atoms with van der Waals surface area (Å²) in [5.74, 6) is -0.383. The van der Waals surface area contributed by atoms with Crippen LogP contribution in [0.15, 0.2) is 18.3 Å². The fourth-order valence-corrected chi connectivity index (χ4v) is 2.14. The quantitative estimate of drug-likeness (QED) is 0.759. The SMILES string of the molecule is COC(=O)c1cccnc1CNC1(CO)CCC1. The van der Waals surface area contributed by atoms with E-state index in [1.165, 1.54) is 7.11 Å². The zero-order valence-corrected chi connectivity index (χ0v) is 10.5. The Bertz CT molecular complexity index is 424. The molecule has 0 bridgehead atoms. The van der Waals surface area contributed by atoms with Gasteiger partial charge in [-0.25, -0.2) is 4.79 Å². The number of aliphatic hydroxyl groups is 1. The van der Waals surface area contributed by atoms with Gasteiger partial charge < -0.3 is 15.2 Å². The van der Waals surface area contributed by atoms with E-state index in [0.29, 0.717) is 17.8 Å². The van der Waals surface area contributed by atoms with Crippen LogP contribution in [0.4, 0.5) is 0 Å². The summed E-state index contributed by atoms with van der Waals surface area (Å²) in [4.78, 5) is 15.8. The molecule has 0 saturated heterocycles. The maximum Gasteiger partial charge on any atom is 0.339 e. The lowest BCUT2D eigenvalue weighted by molar-refractivity contribution is 0.0596. The van der Waals surface area contributed by atoms with Gasteiger partial charge in [-0.1, -0.05) is 0 Å². The molecule has 1 aromatic rings. The van der Waals surface area contributed by atoms with E-state index >= 15 is 0 Å². The first-order valence-electron chi connectivity index (χ1n) is 6.09. The van der Waals surface area contributed by atoms with Gasteiger partial charge in [-0.3, -0.25) is 4.98 Å². The Morgan fingerprint density at radius 3 is 2.94 bits per heavy atom. The van der Waals surface area contributed by atoms with Crippen LogP contribution in [-0.4, -0.2) is 35.3 Å². The summed E-state index contributed by atoms with van der Waals surface area (Å²) in [6.07, 6.45) is 4.70. The van der Waals surface area contributed by atoms with E-state index in [2.05, 4.69) is 10.3 Å². The van der Waals surface area contributed by atoms with Crippen molar-refractivity contribution in [1.82, 2.24) is 10.3 Å². The van der Waals surface area contributed by atoms with Gasteiger partial charge in [0, 0.05) is 18.3 Å². The molecular weight excluding hydrogens is 232 g/mol. The van der Waals surface area contributed by atoms with Crippen molar-refractivity contribution < 1.29 is 14.6 Å². The van der Waals surface area contributed by atoms with Crippen LogP contribution >= 0.6 is 0 Å². The normalized spacial score (nSPS) is 17.0. The van der Waals surface area contributed by atoms with Crippen molar-refractivity contribution in [1.29, 1.82) is 0 Å². The zero-order valence-electron chi connectivity index (χ0n) is 10.5. The highest BCUT2D eigenvalue weighted by Gasteiger charge is 2.35. The lowest BCUT2D eigenvalue weighted by atomic mass is 9.77. The second kappa shape index (κ2) is 5.46. The molecule has 2 N–H and O–H groups in total. The molecule has 2 rings (SSSR count). The predicted molar refractivity (Wildman–Crippen MR) is 66.1 cm³/mol. The van der Waals surface area contributed by atoms with E-state index in [1.54, 1.807) is 18.3 Å². The van der Waals surface area contributed by atoms with Gasteiger partial charge in [0.2, 0.25) is 0 Å². The number of aromatic nitrogens is 1. The number of rotatable bonds is 5. The highest BCUT2D eigenvalue weighted by molar-refractivity contribution is 5.90. The number of nitrogens with one attached hydrogen (secondary N) is 1. The first kappa shape index (κ1) is 13.0. The van der Waals surface area contributed by atoms with Crippen LogP contribution in [0.5, 0.6) is 0 Å². The second-order valence-electron chi connectivity index (χ2n) is 4.63. The summed E-state index contributed by atoms with van der Waals surface area (Å²) < 4.78 is 4.72. The van der Waals surface area contributed by atoms with Gasteiger partial charge in [0.05, 0.1) is 25.0 Å². The molecule has 1 aliphatic rings. The lowest BCUT2D eigenvalue weighted by Gasteiger charge is -2.41. The Labute approximate surface area is 106 Å². The Morgan fingerprint density at radius 1 is 1.61 bits per heavy atom. The molecule has 1 aromatic heterocycles. The van der Waals surface area contributed by atoms with E-state index in [9.17, 15) is 9.90 Å². The molecule has 0 spiro atoms. The van der Waals surface area contributed by atoms with Crippen molar-refractivity contribution in [3.63, 3.8) is 0 Å². The molecule has 0 radical (unpaired) electrons. The number of carbonyl (C=O) groups is 1. The monoisotopic (exact) mass is 250 g/mol. The fraction of sp³-hybridized carbons (Fsp3) is 0.538. The molecule has 1 aliphatic carbocycles. The van der Waals surface area contributed by atoms with E-state index in [-0.39, 0.29) is 18.1 Å². The number of ether oxygens (including phenoxy) is 1. The predicted octanol–water partition coefficient (Wildman–Crippen LogP) is 0.873. The van der Waals surface area contributed by atoms with Gasteiger partial charge in [-0.05, 0) is 31.4 Å². The fourth-order valence-electron chi connectivity index (χ4n) is 2.14. The average Bonchev–Trinajstić information content (AvgIpc) is 2.37. The minimum Gasteiger partial charge on any atom is -0.465 e. The topological polar surface area (TPSA) is 71.5 Å². The highest BCUT2D eigenvalue weighted by atomic mass is 16.5. The third kappa shape index (κ3) is 2.52. The van der Waals surface area contributed by atoms with Crippen LogP contribution in [0.3, 0.4) is 0 Å². The van der Waals surface area contributed by atoms with Crippen molar-refractivity contribution in [3.05, 3.63) is 29.6 Å². The first-order chi connectivity index (χ1) is 8.71. The minimum absolute atomic E-state index is 0.118. The summed E-state index contributed by atoms with van der Waals surface area (Å²) in [7, 11) is 1.35. The Hall–Kier alpha value is -1.46. The smallest absolute Gasteiger partial charge is 0.339 e. The van der Waals surface area contributed by atoms with Gasteiger partial charge in [-0.15, -0.1) is 0 Å². The standard InChI is InChI=1S/C13H18N2O3/c1-18-12(17)10-4-2-7-14-11(10)8-15-13(9-16)5-3-6-13/h2,4,7,15-16H,3,5-6,8-9H2,1H3. The zero-order chi connectivity index (χ0) is 13.0. The Kier molecular flexibility index (Phi) is 3.93. The average molecular weight is 250 g/mol. The first-order valence-corrected chi connectivity index (χ1v) is 6.09. The third-order valence-corrected chi connectivity index (χ3v) is 3.54. The number of esters is 1. The second-order valence-corrected chi connectivity index (χ2v) is 4.63. The maximum atomic E-state index is 11.6. The molecule has 1 fully saturated rings. The summed E-state index contributed by atoms with van der Waals surface area (Å²) in [6.45, 7) is 0.583. The van der Waals surface area contributed by atoms with Crippen LogP contribution in [0.2, 0.25) is 0 Å². The van der Waals surface area contributed by atoms with E-state index in [0.717, 1.165) is 19.3 Å². The number of hydrogen-bond donors (Lipinski definition) is 2. The minimum atomic E-state index is -0.383. The molecule has 0 atom stereocenters. The van der Waals surface area contributed by atoms with Crippen LogP contribution in [-0.2, 0) is 11.3 Å². The van der Waals surface area contributed by atoms with Crippen LogP contribution in [0.25, 0.3) is 0 Å². The number of nitrogens with zero attached hydrogens (tertiary/aromatic N) is 1. The van der Waals surface area contributed by atoms with Crippen molar-refractivity contribution in [2.45, 2.75) is 31.3 Å². The summed E-state index contributed by atoms with van der Waals surface area (Å²) in [6, 6.07) is 3.41. The Balaban J connectivity index is 2.07. The van der Waals surface area contributed by atoms with Gasteiger partial charge in [0.25, 0.3) is 0 Å². The third-order valence-electron chi connectivity index (χ3n) is 3.54. The van der Waals surface area contributed by atoms with E-state index in [4.69, 9.17) is 4.74 Å². The number of pyridine rings is 1. The molecule has 5 heteroatoms. The molecular formula is C13H18N2O3. The number of carbonyl (C=O) groups excluding carboxylic acids is 1. The molecule has 1 heterocycles. The van der Waals surface area contributed by atoms with Gasteiger partial charge >= 0.3 is 5.97 Å². The molecule has 0 aromatic carbocycles. The van der Waals surface area contributed by atoms with Crippen molar-refractivity contribution in [2.24, 2.45) is 0 Å². The number of hydrogen-bond acceptors (Lipinski definition) is 5. The van der Waals surface area contributed by atoms with Crippen LogP contribution in [0.1, 0.15) is 35.3 Å². The number of methoxy groups -OCH3 is 1. The highest BCUT2D eigenvalue weighted by Crippen LogP contribution is 2.31. The molecule has 98 valence electrons. The molecule has 0 unspecified atom stereocenters. The van der Waals surface area contributed by atoms with Crippen molar-refractivity contribution >= 4 is 5.97 Å². The molecule has 1 saturated carbocycles. The maximum absolute atomic E-state index is 11.6. The molecule has 5 nitrogen and oxygen atoms in total. The van der Waals surface area contributed by atoms with Crippen LogP contribution in [0, 0.1) is 0 Å². The summed E-state index contributed by atoms with van der Waals surface area (Å²) in [5.41, 5.74) is 0.939. The largest absolute Gasteiger partial charge is 0.465 e. The molecule has 0 amide bonds. The van der Waals surface area contributed by atoms with Gasteiger partial charge in [-0.2, -0.15) is 0 Å². The van der Waals surface area contributed by atoms with Crippen molar-refractivity contribution in [2.75, 3.05) is 13.7 Å². The Morgan fingerprint density at radius 2 is 2.39 bits per heavy atom.